The summed E-state index contributed by atoms with van der Waals surface area (Å²) in [6.07, 6.45) is 0.576. The first kappa shape index (κ1) is 17.0. The maximum atomic E-state index is 10.3. The van der Waals surface area contributed by atoms with Gasteiger partial charge in [0.25, 0.3) is 0 Å². The zero-order chi connectivity index (χ0) is 15.0. The van der Waals surface area contributed by atoms with Crippen molar-refractivity contribution in [1.82, 2.24) is 5.32 Å². The molecule has 114 valence electrons. The highest BCUT2D eigenvalue weighted by atomic mass is 16.5. The molecule has 0 aliphatic carbocycles. The number of aliphatic hydroxyl groups is 1. The molecule has 0 fully saturated rings. The van der Waals surface area contributed by atoms with Gasteiger partial charge in [0.1, 0.15) is 5.75 Å². The normalized spacial score (nSPS) is 14.3. The van der Waals surface area contributed by atoms with E-state index in [2.05, 4.69) is 5.32 Å². The first-order valence-electron chi connectivity index (χ1n) is 7.21. The van der Waals surface area contributed by atoms with Crippen LogP contribution in [0.5, 0.6) is 5.75 Å². The van der Waals surface area contributed by atoms with Crippen LogP contribution < -0.4 is 10.1 Å². The number of ether oxygens (including phenoxy) is 2. The van der Waals surface area contributed by atoms with E-state index in [-0.39, 0.29) is 12.1 Å². The predicted octanol–water partition coefficient (Wildman–Crippen LogP) is 2.52. The highest BCUT2D eigenvalue weighted by Crippen LogP contribution is 2.21. The highest BCUT2D eigenvalue weighted by Gasteiger charge is 2.15. The third-order valence-electron chi connectivity index (χ3n) is 3.06. The molecule has 2 atom stereocenters. The average Bonchev–Trinajstić information content (AvgIpc) is 2.43. The Balaban J connectivity index is 2.47. The number of hydrogen-bond donors (Lipinski definition) is 2. The van der Waals surface area contributed by atoms with E-state index in [1.54, 1.807) is 7.11 Å². The van der Waals surface area contributed by atoms with Gasteiger partial charge in [0.05, 0.1) is 12.2 Å². The zero-order valence-corrected chi connectivity index (χ0v) is 12.9. The molecule has 0 aliphatic rings. The third kappa shape index (κ3) is 5.90. The maximum absolute atomic E-state index is 10.3. The summed E-state index contributed by atoms with van der Waals surface area (Å²) in [5.74, 6) is 0.830. The van der Waals surface area contributed by atoms with Crippen LogP contribution in [0.4, 0.5) is 0 Å². The Bertz CT molecular complexity index is 364. The van der Waals surface area contributed by atoms with Gasteiger partial charge in [0.15, 0.2) is 0 Å². The van der Waals surface area contributed by atoms with Crippen LogP contribution in [0.25, 0.3) is 0 Å². The van der Waals surface area contributed by atoms with Gasteiger partial charge in [-0.2, -0.15) is 0 Å². The molecule has 0 bridgehead atoms. The quantitative estimate of drug-likeness (QED) is 0.683. The van der Waals surface area contributed by atoms with Crippen molar-refractivity contribution < 1.29 is 14.6 Å². The lowest BCUT2D eigenvalue weighted by atomic mass is 10.0. The fourth-order valence-electron chi connectivity index (χ4n) is 1.96. The molecule has 0 radical (unpaired) electrons. The molecule has 0 heterocycles. The van der Waals surface area contributed by atoms with Gasteiger partial charge in [-0.3, -0.25) is 0 Å². The summed E-state index contributed by atoms with van der Waals surface area (Å²) in [5.41, 5.74) is 0.896. The molecule has 0 aliphatic heterocycles. The molecule has 1 rings (SSSR count). The van der Waals surface area contributed by atoms with Gasteiger partial charge in [-0.15, -0.1) is 0 Å². The van der Waals surface area contributed by atoms with Gasteiger partial charge >= 0.3 is 0 Å². The van der Waals surface area contributed by atoms with Gasteiger partial charge in [0.2, 0.25) is 0 Å². The first-order valence-corrected chi connectivity index (χ1v) is 7.21. The topological polar surface area (TPSA) is 50.7 Å². The van der Waals surface area contributed by atoms with E-state index >= 15 is 0 Å². The van der Waals surface area contributed by atoms with Crippen molar-refractivity contribution in [2.24, 2.45) is 0 Å². The first-order chi connectivity index (χ1) is 9.54. The number of benzene rings is 1. The van der Waals surface area contributed by atoms with E-state index < -0.39 is 6.10 Å². The maximum Gasteiger partial charge on any atom is 0.119 e. The largest absolute Gasteiger partial charge is 0.491 e. The standard InChI is InChI=1S/C16H27NO3/c1-12(2)20-15-8-6-14(7-9-15)16(18)13(3)17-10-5-11-19-4/h6-9,12-13,16-18H,5,10-11H2,1-4H3. The molecular formula is C16H27NO3. The number of hydrogen-bond acceptors (Lipinski definition) is 4. The van der Waals surface area contributed by atoms with Crippen molar-refractivity contribution in [1.29, 1.82) is 0 Å². The molecule has 2 unspecified atom stereocenters. The van der Waals surface area contributed by atoms with E-state index in [4.69, 9.17) is 9.47 Å². The minimum absolute atomic E-state index is 0.00345. The lowest BCUT2D eigenvalue weighted by molar-refractivity contribution is 0.132. The minimum Gasteiger partial charge on any atom is -0.491 e. The summed E-state index contributed by atoms with van der Waals surface area (Å²) in [6, 6.07) is 7.63. The molecule has 0 aromatic heterocycles. The van der Waals surface area contributed by atoms with Gasteiger partial charge in [-0.25, -0.2) is 0 Å². The second-order valence-corrected chi connectivity index (χ2v) is 5.27. The summed E-state index contributed by atoms with van der Waals surface area (Å²) in [5, 5.41) is 13.6. The van der Waals surface area contributed by atoms with Crippen molar-refractivity contribution in [3.05, 3.63) is 29.8 Å². The van der Waals surface area contributed by atoms with E-state index in [0.29, 0.717) is 0 Å². The Hall–Kier alpha value is -1.10. The number of nitrogens with one attached hydrogen (secondary N) is 1. The van der Waals surface area contributed by atoms with E-state index in [1.165, 1.54) is 0 Å². The molecule has 0 amide bonds. The summed E-state index contributed by atoms with van der Waals surface area (Å²) < 4.78 is 10.6. The van der Waals surface area contributed by atoms with Crippen LogP contribution in [0.15, 0.2) is 24.3 Å². The van der Waals surface area contributed by atoms with E-state index in [0.717, 1.165) is 30.9 Å². The van der Waals surface area contributed by atoms with Crippen molar-refractivity contribution in [3.63, 3.8) is 0 Å². The average molecular weight is 281 g/mol. The van der Waals surface area contributed by atoms with Gasteiger partial charge in [-0.05, 0) is 51.4 Å². The number of methoxy groups -OCH3 is 1. The Morgan fingerprint density at radius 2 is 1.80 bits per heavy atom. The van der Waals surface area contributed by atoms with Gasteiger partial charge < -0.3 is 19.9 Å². The van der Waals surface area contributed by atoms with Gasteiger partial charge in [-0.1, -0.05) is 12.1 Å². The molecule has 4 heteroatoms. The molecule has 0 saturated heterocycles. The summed E-state index contributed by atoms with van der Waals surface area (Å²) in [4.78, 5) is 0. The second kappa shape index (κ2) is 8.95. The van der Waals surface area contributed by atoms with Crippen molar-refractivity contribution >= 4 is 0 Å². The summed E-state index contributed by atoms with van der Waals surface area (Å²) >= 11 is 0. The highest BCUT2D eigenvalue weighted by molar-refractivity contribution is 5.29. The lowest BCUT2D eigenvalue weighted by Crippen LogP contribution is -2.33. The molecule has 20 heavy (non-hydrogen) atoms. The molecule has 2 N–H and O–H groups in total. The van der Waals surface area contributed by atoms with Crippen molar-refractivity contribution in [2.45, 2.75) is 45.4 Å². The molecule has 1 aromatic carbocycles. The number of aliphatic hydroxyl groups excluding tert-OH is 1. The van der Waals surface area contributed by atoms with Crippen LogP contribution in [0.3, 0.4) is 0 Å². The predicted molar refractivity (Wildman–Crippen MR) is 81.1 cm³/mol. The van der Waals surface area contributed by atoms with Crippen LogP contribution in [-0.4, -0.2) is 37.5 Å². The van der Waals surface area contributed by atoms with Crippen molar-refractivity contribution in [2.75, 3.05) is 20.3 Å². The van der Waals surface area contributed by atoms with Crippen LogP contribution in [-0.2, 0) is 4.74 Å². The fraction of sp³-hybridized carbons (Fsp3) is 0.625. The monoisotopic (exact) mass is 281 g/mol. The second-order valence-electron chi connectivity index (χ2n) is 5.27. The Labute approximate surface area is 122 Å². The summed E-state index contributed by atoms with van der Waals surface area (Å²) in [6.45, 7) is 7.54. The molecule has 0 saturated carbocycles. The molecule has 4 nitrogen and oxygen atoms in total. The smallest absolute Gasteiger partial charge is 0.119 e. The van der Waals surface area contributed by atoms with Crippen molar-refractivity contribution in [3.8, 4) is 5.75 Å². The third-order valence-corrected chi connectivity index (χ3v) is 3.06. The zero-order valence-electron chi connectivity index (χ0n) is 12.9. The van der Waals surface area contributed by atoms with E-state index in [1.807, 2.05) is 45.0 Å². The Morgan fingerprint density at radius 3 is 2.35 bits per heavy atom. The Morgan fingerprint density at radius 1 is 1.15 bits per heavy atom. The number of rotatable bonds is 9. The molecular weight excluding hydrogens is 254 g/mol. The molecule has 0 spiro atoms. The van der Waals surface area contributed by atoms with Crippen LogP contribution >= 0.6 is 0 Å². The van der Waals surface area contributed by atoms with Crippen LogP contribution in [0.2, 0.25) is 0 Å². The lowest BCUT2D eigenvalue weighted by Gasteiger charge is -2.21. The van der Waals surface area contributed by atoms with E-state index in [9.17, 15) is 5.11 Å². The minimum atomic E-state index is -0.523. The Kier molecular flexibility index (Phi) is 7.59. The molecule has 1 aromatic rings. The SMILES string of the molecule is COCCCNC(C)C(O)c1ccc(OC(C)C)cc1. The van der Waals surface area contributed by atoms with Crippen LogP contribution in [0, 0.1) is 0 Å². The van der Waals surface area contributed by atoms with Crippen LogP contribution in [0.1, 0.15) is 38.9 Å². The van der Waals surface area contributed by atoms with Gasteiger partial charge in [0, 0.05) is 19.8 Å². The summed E-state index contributed by atoms with van der Waals surface area (Å²) in [7, 11) is 1.69. The fourth-order valence-corrected chi connectivity index (χ4v) is 1.96.